The highest BCUT2D eigenvalue weighted by Gasteiger charge is 2.38. The molecule has 136 valence electrons. The number of benzene rings is 1. The molecular formula is C18H18F2N4O2. The molecule has 2 aliphatic rings. The summed E-state index contributed by atoms with van der Waals surface area (Å²) in [4.78, 5) is 10.9. The average molecular weight is 360 g/mol. The van der Waals surface area contributed by atoms with Crippen LogP contribution in [-0.2, 0) is 0 Å². The third-order valence-corrected chi connectivity index (χ3v) is 4.38. The van der Waals surface area contributed by atoms with E-state index in [1.54, 1.807) is 13.3 Å². The van der Waals surface area contributed by atoms with Gasteiger partial charge in [0.05, 0.1) is 23.2 Å². The lowest BCUT2D eigenvalue weighted by atomic mass is 10.1. The van der Waals surface area contributed by atoms with E-state index in [0.717, 1.165) is 12.1 Å². The molecule has 1 atom stereocenters. The Balaban J connectivity index is 1.73. The van der Waals surface area contributed by atoms with E-state index in [-0.39, 0.29) is 11.2 Å². The molecule has 0 fully saturated rings. The lowest BCUT2D eigenvalue weighted by molar-refractivity contribution is 0.205. The van der Waals surface area contributed by atoms with E-state index in [1.807, 2.05) is 18.7 Å². The first-order valence-corrected chi connectivity index (χ1v) is 8.19. The zero-order chi connectivity index (χ0) is 18.6. The standard InChI is InChI=1S/C18H18F2N4O2/c1-9-13(16(25)22-10-4-5-11(19)12(20)6-10)14-15-23-18(2,3)7-24(15)8-21-17(14)26-9/h4-6,8,16,22,25H,7H2,1-3H3. The predicted octanol–water partition coefficient (Wildman–Crippen LogP) is 3.48. The fourth-order valence-corrected chi connectivity index (χ4v) is 3.29. The molecule has 3 heterocycles. The Kier molecular flexibility index (Phi) is 3.62. The smallest absolute Gasteiger partial charge is 0.231 e. The van der Waals surface area contributed by atoms with Crippen molar-refractivity contribution < 1.29 is 18.3 Å². The Morgan fingerprint density at radius 1 is 1.31 bits per heavy atom. The first-order chi connectivity index (χ1) is 12.2. The molecule has 26 heavy (non-hydrogen) atoms. The molecule has 1 aromatic heterocycles. The fraction of sp³-hybridized carbons (Fsp3) is 0.333. The lowest BCUT2D eigenvalue weighted by Gasteiger charge is -2.21. The Bertz CT molecular complexity index is 949. The van der Waals surface area contributed by atoms with E-state index >= 15 is 0 Å². The van der Waals surface area contributed by atoms with Crippen LogP contribution < -0.4 is 5.32 Å². The first kappa shape index (κ1) is 16.7. The van der Waals surface area contributed by atoms with E-state index in [0.29, 0.717) is 35.2 Å². The molecule has 8 heteroatoms. The van der Waals surface area contributed by atoms with E-state index in [2.05, 4.69) is 10.3 Å². The Morgan fingerprint density at radius 2 is 2.08 bits per heavy atom. The zero-order valence-corrected chi connectivity index (χ0v) is 14.5. The SMILES string of the molecule is Cc1oc2c(c1C(O)Nc1ccc(F)c(F)c1)C1=NC(C)(C)CN1C=N2. The molecule has 0 radical (unpaired) electrons. The van der Waals surface area contributed by atoms with Crippen molar-refractivity contribution in [1.29, 1.82) is 0 Å². The van der Waals surface area contributed by atoms with Crippen molar-refractivity contribution in [3.8, 4) is 0 Å². The maximum atomic E-state index is 13.4. The van der Waals surface area contributed by atoms with Gasteiger partial charge in [-0.25, -0.2) is 13.8 Å². The van der Waals surface area contributed by atoms with Crippen LogP contribution in [0, 0.1) is 18.6 Å². The van der Waals surface area contributed by atoms with Crippen molar-refractivity contribution in [2.75, 3.05) is 11.9 Å². The van der Waals surface area contributed by atoms with Crippen LogP contribution in [0.3, 0.4) is 0 Å². The Morgan fingerprint density at radius 3 is 2.81 bits per heavy atom. The van der Waals surface area contributed by atoms with Crippen LogP contribution >= 0.6 is 0 Å². The van der Waals surface area contributed by atoms with Crippen LogP contribution in [-0.4, -0.2) is 34.3 Å². The van der Waals surface area contributed by atoms with Gasteiger partial charge in [0.25, 0.3) is 0 Å². The Hall–Kier alpha value is -2.74. The molecule has 0 bridgehead atoms. The predicted molar refractivity (Wildman–Crippen MR) is 93.9 cm³/mol. The van der Waals surface area contributed by atoms with Crippen LogP contribution in [0.4, 0.5) is 20.4 Å². The molecule has 2 aliphatic heterocycles. The molecule has 0 spiro atoms. The van der Waals surface area contributed by atoms with Crippen molar-refractivity contribution in [2.24, 2.45) is 9.98 Å². The second kappa shape index (κ2) is 5.63. The number of aliphatic hydroxyl groups is 1. The summed E-state index contributed by atoms with van der Waals surface area (Å²) in [5.74, 6) is -0.418. The van der Waals surface area contributed by atoms with Crippen LogP contribution in [0.15, 0.2) is 32.6 Å². The number of rotatable bonds is 3. The lowest BCUT2D eigenvalue weighted by Crippen LogP contribution is -2.33. The van der Waals surface area contributed by atoms with E-state index in [1.165, 1.54) is 6.07 Å². The van der Waals surface area contributed by atoms with E-state index < -0.39 is 17.9 Å². The normalized spacial score (nSPS) is 18.4. The fourth-order valence-electron chi connectivity index (χ4n) is 3.29. The quantitative estimate of drug-likeness (QED) is 0.822. The Labute approximate surface area is 148 Å². The summed E-state index contributed by atoms with van der Waals surface area (Å²) in [5.41, 5.74) is 1.04. The number of nitrogens with zero attached hydrogens (tertiary/aromatic N) is 3. The third-order valence-electron chi connectivity index (χ3n) is 4.38. The minimum Gasteiger partial charge on any atom is -0.442 e. The van der Waals surface area contributed by atoms with Gasteiger partial charge < -0.3 is 19.7 Å². The maximum Gasteiger partial charge on any atom is 0.231 e. The molecule has 6 nitrogen and oxygen atoms in total. The summed E-state index contributed by atoms with van der Waals surface area (Å²) in [7, 11) is 0. The number of halogens is 2. The van der Waals surface area contributed by atoms with Crippen LogP contribution in [0.1, 0.15) is 37.0 Å². The maximum absolute atomic E-state index is 13.4. The van der Waals surface area contributed by atoms with Gasteiger partial charge in [-0.05, 0) is 32.9 Å². The van der Waals surface area contributed by atoms with Crippen LogP contribution in [0.2, 0.25) is 0 Å². The minimum absolute atomic E-state index is 0.246. The van der Waals surface area contributed by atoms with Crippen molar-refractivity contribution in [3.05, 3.63) is 46.7 Å². The van der Waals surface area contributed by atoms with Gasteiger partial charge in [0.15, 0.2) is 17.9 Å². The van der Waals surface area contributed by atoms with Crippen molar-refractivity contribution in [2.45, 2.75) is 32.5 Å². The molecular weight excluding hydrogens is 342 g/mol. The summed E-state index contributed by atoms with van der Waals surface area (Å²) < 4.78 is 32.2. The highest BCUT2D eigenvalue weighted by atomic mass is 19.2. The molecule has 0 amide bonds. The van der Waals surface area contributed by atoms with Crippen LogP contribution in [0.5, 0.6) is 0 Å². The number of amidine groups is 1. The second-order valence-corrected chi connectivity index (χ2v) is 7.05. The van der Waals surface area contributed by atoms with E-state index in [4.69, 9.17) is 9.41 Å². The minimum atomic E-state index is -1.20. The number of hydrogen-bond donors (Lipinski definition) is 2. The highest BCUT2D eigenvalue weighted by Crippen LogP contribution is 2.39. The number of nitrogens with one attached hydrogen (secondary N) is 1. The van der Waals surface area contributed by atoms with Gasteiger partial charge >= 0.3 is 0 Å². The molecule has 4 rings (SSSR count). The molecule has 1 unspecified atom stereocenters. The molecule has 1 aromatic carbocycles. The summed E-state index contributed by atoms with van der Waals surface area (Å²) in [5, 5.41) is 13.5. The topological polar surface area (TPSA) is 73.4 Å². The number of hydrogen-bond acceptors (Lipinski definition) is 6. The third kappa shape index (κ3) is 2.66. The average Bonchev–Trinajstić information content (AvgIpc) is 3.05. The van der Waals surface area contributed by atoms with Crippen LogP contribution in [0.25, 0.3) is 0 Å². The van der Waals surface area contributed by atoms with Gasteiger partial charge in [-0.1, -0.05) is 0 Å². The summed E-state index contributed by atoms with van der Waals surface area (Å²) in [6, 6.07) is 3.34. The van der Waals surface area contributed by atoms with Crippen molar-refractivity contribution in [3.63, 3.8) is 0 Å². The molecule has 0 saturated carbocycles. The first-order valence-electron chi connectivity index (χ1n) is 8.19. The van der Waals surface area contributed by atoms with Gasteiger partial charge in [0, 0.05) is 11.8 Å². The molecule has 2 aromatic rings. The summed E-state index contributed by atoms with van der Waals surface area (Å²) in [6.07, 6.45) is 0.464. The van der Waals surface area contributed by atoms with E-state index in [9.17, 15) is 13.9 Å². The van der Waals surface area contributed by atoms with Gasteiger partial charge in [-0.15, -0.1) is 0 Å². The molecule has 0 saturated heterocycles. The zero-order valence-electron chi connectivity index (χ0n) is 14.5. The second-order valence-electron chi connectivity index (χ2n) is 7.05. The summed E-state index contributed by atoms with van der Waals surface area (Å²) in [6.45, 7) is 6.40. The van der Waals surface area contributed by atoms with Crippen molar-refractivity contribution in [1.82, 2.24) is 4.90 Å². The number of furan rings is 1. The highest BCUT2D eigenvalue weighted by molar-refractivity contribution is 6.12. The van der Waals surface area contributed by atoms with Gasteiger partial charge in [-0.3, -0.25) is 4.99 Å². The number of aliphatic hydroxyl groups excluding tert-OH is 1. The summed E-state index contributed by atoms with van der Waals surface area (Å²) >= 11 is 0. The monoisotopic (exact) mass is 360 g/mol. The molecule has 2 N–H and O–H groups in total. The van der Waals surface area contributed by atoms with Gasteiger partial charge in [0.2, 0.25) is 5.88 Å². The van der Waals surface area contributed by atoms with Gasteiger partial charge in [-0.2, -0.15) is 0 Å². The number of fused-ring (bicyclic) bond motifs is 3. The van der Waals surface area contributed by atoms with Crippen molar-refractivity contribution >= 4 is 23.7 Å². The van der Waals surface area contributed by atoms with Gasteiger partial charge in [0.1, 0.15) is 17.9 Å². The largest absolute Gasteiger partial charge is 0.442 e. The number of anilines is 1. The number of aliphatic imine (C=N–C) groups is 2. The molecule has 0 aliphatic carbocycles. The number of aryl methyl sites for hydroxylation is 1.